The van der Waals surface area contributed by atoms with E-state index in [-0.39, 0.29) is 38.6 Å². The first-order valence-electron chi connectivity index (χ1n) is 8.11. The maximum absolute atomic E-state index is 14.3. The molecule has 1 amide bonds. The standard InChI is InChI=1S/C20H15F2NO4S/c1-9-3-6-14(24)12(7-9)19(25)23-13-8-28-18(15(13)20(26)27)11-5-4-10(2)16(21)17(11)22/h3-8,24H,1-2H3,(H,23,25)(H,26,27). The molecule has 3 aromatic rings. The van der Waals surface area contributed by atoms with E-state index in [1.165, 1.54) is 36.6 Å². The highest BCUT2D eigenvalue weighted by Gasteiger charge is 2.25. The highest BCUT2D eigenvalue weighted by molar-refractivity contribution is 7.14. The molecule has 3 rings (SSSR count). The molecule has 0 atom stereocenters. The van der Waals surface area contributed by atoms with E-state index in [1.807, 2.05) is 0 Å². The molecule has 0 aliphatic rings. The molecular formula is C20H15F2NO4S. The Hall–Kier alpha value is -3.26. The van der Waals surface area contributed by atoms with E-state index in [0.717, 1.165) is 16.9 Å². The Morgan fingerprint density at radius 2 is 1.79 bits per heavy atom. The van der Waals surface area contributed by atoms with Gasteiger partial charge in [0.05, 0.1) is 16.1 Å². The number of aromatic carboxylic acids is 1. The summed E-state index contributed by atoms with van der Waals surface area (Å²) in [6, 6.07) is 7.07. The molecule has 0 unspecified atom stereocenters. The third-order valence-corrected chi connectivity index (χ3v) is 5.18. The molecule has 28 heavy (non-hydrogen) atoms. The van der Waals surface area contributed by atoms with E-state index in [4.69, 9.17) is 0 Å². The summed E-state index contributed by atoms with van der Waals surface area (Å²) in [7, 11) is 0. The summed E-state index contributed by atoms with van der Waals surface area (Å²) in [5.41, 5.74) is 0.162. The third-order valence-electron chi connectivity index (χ3n) is 4.17. The van der Waals surface area contributed by atoms with Gasteiger partial charge < -0.3 is 15.5 Å². The lowest BCUT2D eigenvalue weighted by Crippen LogP contribution is -2.14. The van der Waals surface area contributed by atoms with Crippen molar-refractivity contribution in [1.82, 2.24) is 0 Å². The van der Waals surface area contributed by atoms with Crippen LogP contribution >= 0.6 is 11.3 Å². The molecule has 1 aromatic heterocycles. The van der Waals surface area contributed by atoms with Gasteiger partial charge in [0, 0.05) is 10.9 Å². The van der Waals surface area contributed by atoms with Gasteiger partial charge in [0.1, 0.15) is 11.3 Å². The van der Waals surface area contributed by atoms with Gasteiger partial charge in [-0.15, -0.1) is 11.3 Å². The lowest BCUT2D eigenvalue weighted by molar-refractivity contribution is 0.0699. The minimum atomic E-state index is -1.40. The number of carbonyl (C=O) groups is 2. The molecule has 0 aliphatic heterocycles. The van der Waals surface area contributed by atoms with Crippen LogP contribution in [-0.4, -0.2) is 22.1 Å². The van der Waals surface area contributed by atoms with Gasteiger partial charge in [0.15, 0.2) is 11.6 Å². The molecule has 0 radical (unpaired) electrons. The molecule has 144 valence electrons. The molecule has 8 heteroatoms. The second kappa shape index (κ2) is 7.40. The van der Waals surface area contributed by atoms with Crippen molar-refractivity contribution in [3.8, 4) is 16.2 Å². The second-order valence-corrected chi connectivity index (χ2v) is 7.07. The monoisotopic (exact) mass is 403 g/mol. The predicted molar refractivity (Wildman–Crippen MR) is 102 cm³/mol. The Kier molecular flexibility index (Phi) is 5.15. The summed E-state index contributed by atoms with van der Waals surface area (Å²) >= 11 is 0.866. The third kappa shape index (κ3) is 3.46. The number of thiophene rings is 1. The van der Waals surface area contributed by atoms with E-state index >= 15 is 0 Å². The lowest BCUT2D eigenvalue weighted by Gasteiger charge is -2.09. The Morgan fingerprint density at radius 3 is 2.46 bits per heavy atom. The minimum absolute atomic E-state index is 0.0207. The van der Waals surface area contributed by atoms with E-state index in [2.05, 4.69) is 5.32 Å². The zero-order valence-corrected chi connectivity index (χ0v) is 15.7. The van der Waals surface area contributed by atoms with Crippen LogP contribution in [0.3, 0.4) is 0 Å². The number of carboxylic acids is 1. The van der Waals surface area contributed by atoms with Crippen LogP contribution in [0.1, 0.15) is 31.8 Å². The van der Waals surface area contributed by atoms with E-state index in [0.29, 0.717) is 0 Å². The first-order chi connectivity index (χ1) is 13.2. The molecule has 5 nitrogen and oxygen atoms in total. The van der Waals surface area contributed by atoms with Crippen molar-refractivity contribution >= 4 is 28.9 Å². The number of benzene rings is 2. The maximum atomic E-state index is 14.3. The number of carboxylic acid groups (broad SMARTS) is 1. The molecular weight excluding hydrogens is 388 g/mol. The SMILES string of the molecule is Cc1ccc(O)c(C(=O)Nc2csc(-c3ccc(C)c(F)c3F)c2C(=O)O)c1. The number of carbonyl (C=O) groups excluding carboxylic acids is 1. The normalized spacial score (nSPS) is 10.7. The van der Waals surface area contributed by atoms with Crippen LogP contribution in [0.25, 0.3) is 10.4 Å². The molecule has 1 heterocycles. The van der Waals surface area contributed by atoms with Gasteiger partial charge in [0.2, 0.25) is 0 Å². The molecule has 0 saturated carbocycles. The first kappa shape index (κ1) is 19.5. The molecule has 0 saturated heterocycles. The number of halogens is 2. The van der Waals surface area contributed by atoms with Crippen LogP contribution in [0.4, 0.5) is 14.5 Å². The Balaban J connectivity index is 2.05. The summed E-state index contributed by atoms with van der Waals surface area (Å²) in [6.07, 6.45) is 0. The van der Waals surface area contributed by atoms with Gasteiger partial charge >= 0.3 is 5.97 Å². The van der Waals surface area contributed by atoms with Crippen LogP contribution in [0.15, 0.2) is 35.7 Å². The number of anilines is 1. The Bertz CT molecular complexity index is 1110. The van der Waals surface area contributed by atoms with Crippen LogP contribution in [0.2, 0.25) is 0 Å². The van der Waals surface area contributed by atoms with Crippen molar-refractivity contribution < 1.29 is 28.6 Å². The fourth-order valence-corrected chi connectivity index (χ4v) is 3.72. The molecule has 0 fully saturated rings. The molecule has 0 bridgehead atoms. The number of phenols is 1. The number of hydrogen-bond donors (Lipinski definition) is 3. The van der Waals surface area contributed by atoms with Crippen molar-refractivity contribution in [2.45, 2.75) is 13.8 Å². The van der Waals surface area contributed by atoms with Gasteiger partial charge in [-0.1, -0.05) is 23.8 Å². The number of amides is 1. The summed E-state index contributed by atoms with van der Waals surface area (Å²) in [5, 5.41) is 23.2. The zero-order chi connectivity index (χ0) is 20.6. The minimum Gasteiger partial charge on any atom is -0.507 e. The van der Waals surface area contributed by atoms with Crippen molar-refractivity contribution in [2.75, 3.05) is 5.32 Å². The molecule has 3 N–H and O–H groups in total. The smallest absolute Gasteiger partial charge is 0.339 e. The highest BCUT2D eigenvalue weighted by Crippen LogP contribution is 2.38. The second-order valence-electron chi connectivity index (χ2n) is 6.19. The predicted octanol–water partition coefficient (Wildman–Crippen LogP) is 4.97. The summed E-state index contributed by atoms with van der Waals surface area (Å²) in [5.74, 6) is -4.60. The molecule has 0 aliphatic carbocycles. The van der Waals surface area contributed by atoms with Gasteiger partial charge in [-0.2, -0.15) is 0 Å². The quantitative estimate of drug-likeness (QED) is 0.574. The van der Waals surface area contributed by atoms with Gasteiger partial charge in [-0.05, 0) is 31.5 Å². The largest absolute Gasteiger partial charge is 0.507 e. The van der Waals surface area contributed by atoms with Crippen molar-refractivity contribution in [1.29, 1.82) is 0 Å². The fraction of sp³-hybridized carbons (Fsp3) is 0.100. The zero-order valence-electron chi connectivity index (χ0n) is 14.8. The lowest BCUT2D eigenvalue weighted by atomic mass is 10.1. The number of rotatable bonds is 4. The number of aryl methyl sites for hydroxylation is 2. The van der Waals surface area contributed by atoms with Crippen molar-refractivity contribution in [3.05, 3.63) is 69.6 Å². The maximum Gasteiger partial charge on any atom is 0.339 e. The van der Waals surface area contributed by atoms with Crippen LogP contribution in [-0.2, 0) is 0 Å². The van der Waals surface area contributed by atoms with E-state index in [9.17, 15) is 28.6 Å². The van der Waals surface area contributed by atoms with E-state index < -0.39 is 23.5 Å². The van der Waals surface area contributed by atoms with Gasteiger partial charge in [-0.25, -0.2) is 13.6 Å². The van der Waals surface area contributed by atoms with E-state index in [1.54, 1.807) is 13.0 Å². The number of aromatic hydroxyl groups is 1. The number of hydrogen-bond acceptors (Lipinski definition) is 4. The van der Waals surface area contributed by atoms with Crippen LogP contribution in [0.5, 0.6) is 5.75 Å². The fourth-order valence-electron chi connectivity index (χ4n) is 2.70. The average Bonchev–Trinajstić information content (AvgIpc) is 3.05. The Labute approximate surface area is 162 Å². The van der Waals surface area contributed by atoms with Crippen molar-refractivity contribution in [2.24, 2.45) is 0 Å². The average molecular weight is 403 g/mol. The van der Waals surface area contributed by atoms with Gasteiger partial charge in [0.25, 0.3) is 5.91 Å². The topological polar surface area (TPSA) is 86.6 Å². The summed E-state index contributed by atoms with van der Waals surface area (Å²) in [4.78, 5) is 24.2. The summed E-state index contributed by atoms with van der Waals surface area (Å²) in [6.45, 7) is 3.13. The number of phenolic OH excluding ortho intramolecular Hbond substituents is 1. The molecule has 2 aromatic carbocycles. The van der Waals surface area contributed by atoms with Crippen LogP contribution < -0.4 is 5.32 Å². The van der Waals surface area contributed by atoms with Crippen molar-refractivity contribution in [3.63, 3.8) is 0 Å². The molecule has 0 spiro atoms. The summed E-state index contributed by atoms with van der Waals surface area (Å²) < 4.78 is 28.3. The van der Waals surface area contributed by atoms with Crippen LogP contribution in [0, 0.1) is 25.5 Å². The Morgan fingerprint density at radius 1 is 1.07 bits per heavy atom. The van der Waals surface area contributed by atoms with Gasteiger partial charge in [-0.3, -0.25) is 4.79 Å². The first-order valence-corrected chi connectivity index (χ1v) is 8.99. The number of nitrogens with one attached hydrogen (secondary N) is 1. The highest BCUT2D eigenvalue weighted by atomic mass is 32.1.